The summed E-state index contributed by atoms with van der Waals surface area (Å²) in [7, 11) is 1.46. The van der Waals surface area contributed by atoms with Gasteiger partial charge in [0.2, 0.25) is 0 Å². The fourth-order valence-electron chi connectivity index (χ4n) is 3.53. The summed E-state index contributed by atoms with van der Waals surface area (Å²) in [6.07, 6.45) is 2.97. The van der Waals surface area contributed by atoms with Crippen LogP contribution in [0, 0.1) is 11.3 Å². The quantitative estimate of drug-likeness (QED) is 0.204. The van der Waals surface area contributed by atoms with Gasteiger partial charge < -0.3 is 14.8 Å². The Morgan fingerprint density at radius 1 is 0.971 bits per heavy atom. The van der Waals surface area contributed by atoms with E-state index < -0.39 is 11.9 Å². The lowest BCUT2D eigenvalue weighted by molar-refractivity contribution is -0.117. The van der Waals surface area contributed by atoms with Gasteiger partial charge in [0, 0.05) is 6.04 Å². The number of aryl methyl sites for hydroxylation is 2. The number of rotatable bonds is 9. The molecular formula is C29H28N2O4. The second-order valence-corrected chi connectivity index (χ2v) is 8.24. The summed E-state index contributed by atoms with van der Waals surface area (Å²) in [4.78, 5) is 25.2. The highest BCUT2D eigenvalue weighted by molar-refractivity contribution is 6.01. The molecule has 6 nitrogen and oxygen atoms in total. The first-order valence-corrected chi connectivity index (χ1v) is 11.4. The third-order valence-corrected chi connectivity index (χ3v) is 5.25. The van der Waals surface area contributed by atoms with Gasteiger partial charge in [-0.1, -0.05) is 54.6 Å². The van der Waals surface area contributed by atoms with Gasteiger partial charge in [0.05, 0.1) is 12.7 Å². The fourth-order valence-corrected chi connectivity index (χ4v) is 3.53. The first-order valence-electron chi connectivity index (χ1n) is 11.4. The van der Waals surface area contributed by atoms with E-state index in [1.165, 1.54) is 18.7 Å². The van der Waals surface area contributed by atoms with Crippen LogP contribution >= 0.6 is 0 Å². The Labute approximate surface area is 205 Å². The maximum Gasteiger partial charge on any atom is 0.343 e. The summed E-state index contributed by atoms with van der Waals surface area (Å²) in [6, 6.07) is 24.2. The van der Waals surface area contributed by atoms with E-state index in [0.717, 1.165) is 12.0 Å². The Morgan fingerprint density at radius 3 is 2.37 bits per heavy atom. The van der Waals surface area contributed by atoms with Crippen molar-refractivity contribution in [3.05, 3.63) is 101 Å². The van der Waals surface area contributed by atoms with E-state index in [1.807, 2.05) is 50.2 Å². The highest BCUT2D eigenvalue weighted by Crippen LogP contribution is 2.30. The summed E-state index contributed by atoms with van der Waals surface area (Å²) in [5.74, 6) is -0.374. The number of nitrogens with one attached hydrogen (secondary N) is 1. The number of esters is 1. The van der Waals surface area contributed by atoms with Crippen LogP contribution in [0.4, 0.5) is 0 Å². The summed E-state index contributed by atoms with van der Waals surface area (Å²) < 4.78 is 11.1. The van der Waals surface area contributed by atoms with Crippen LogP contribution < -0.4 is 14.8 Å². The van der Waals surface area contributed by atoms with Crippen LogP contribution in [0.15, 0.2) is 78.4 Å². The minimum absolute atomic E-state index is 0.0298. The molecule has 6 heteroatoms. The number of nitriles is 1. The average molecular weight is 469 g/mol. The normalized spacial score (nSPS) is 11.0. The minimum Gasteiger partial charge on any atom is -0.493 e. The molecule has 1 amide bonds. The molecule has 0 bridgehead atoms. The molecule has 0 saturated carbocycles. The van der Waals surface area contributed by atoms with Crippen LogP contribution in [0.2, 0.25) is 0 Å². The average Bonchev–Trinajstić information content (AvgIpc) is 2.87. The molecule has 0 spiro atoms. The van der Waals surface area contributed by atoms with Crippen LogP contribution in [0.5, 0.6) is 11.5 Å². The van der Waals surface area contributed by atoms with Crippen molar-refractivity contribution in [2.24, 2.45) is 0 Å². The molecule has 0 radical (unpaired) electrons. The minimum atomic E-state index is -0.482. The van der Waals surface area contributed by atoms with Crippen molar-refractivity contribution in [2.45, 2.75) is 32.7 Å². The smallest absolute Gasteiger partial charge is 0.343 e. The topological polar surface area (TPSA) is 88.4 Å². The molecule has 3 rings (SSSR count). The van der Waals surface area contributed by atoms with Crippen LogP contribution in [0.3, 0.4) is 0 Å². The van der Waals surface area contributed by atoms with E-state index in [0.29, 0.717) is 23.3 Å². The van der Waals surface area contributed by atoms with Gasteiger partial charge in [-0.25, -0.2) is 4.79 Å². The van der Waals surface area contributed by atoms with Gasteiger partial charge in [-0.2, -0.15) is 5.26 Å². The van der Waals surface area contributed by atoms with Crippen molar-refractivity contribution >= 4 is 18.0 Å². The highest BCUT2D eigenvalue weighted by Gasteiger charge is 2.17. The molecule has 0 aliphatic carbocycles. The largest absolute Gasteiger partial charge is 0.493 e. The van der Waals surface area contributed by atoms with Crippen LogP contribution in [0.25, 0.3) is 6.08 Å². The van der Waals surface area contributed by atoms with Gasteiger partial charge in [-0.05, 0) is 67.7 Å². The van der Waals surface area contributed by atoms with E-state index in [9.17, 15) is 14.9 Å². The van der Waals surface area contributed by atoms with Gasteiger partial charge in [0.1, 0.15) is 11.6 Å². The van der Waals surface area contributed by atoms with E-state index >= 15 is 0 Å². The number of nitrogens with zero attached hydrogens (tertiary/aromatic N) is 1. The van der Waals surface area contributed by atoms with E-state index in [2.05, 4.69) is 17.4 Å². The second kappa shape index (κ2) is 12.2. The molecule has 3 aromatic carbocycles. The summed E-state index contributed by atoms with van der Waals surface area (Å²) in [5.41, 5.74) is 3.12. The number of carbonyl (C=O) groups is 2. The molecule has 1 N–H and O–H groups in total. The van der Waals surface area contributed by atoms with Crippen LogP contribution in [-0.2, 0) is 17.6 Å². The van der Waals surface area contributed by atoms with Crippen molar-refractivity contribution in [1.29, 1.82) is 5.26 Å². The van der Waals surface area contributed by atoms with Crippen molar-refractivity contribution in [3.63, 3.8) is 0 Å². The predicted molar refractivity (Wildman–Crippen MR) is 135 cm³/mol. The van der Waals surface area contributed by atoms with Crippen molar-refractivity contribution < 1.29 is 19.1 Å². The molecule has 3 aromatic rings. The van der Waals surface area contributed by atoms with Gasteiger partial charge in [-0.3, -0.25) is 4.79 Å². The zero-order chi connectivity index (χ0) is 25.2. The molecule has 0 unspecified atom stereocenters. The predicted octanol–water partition coefficient (Wildman–Crippen LogP) is 5.13. The molecule has 0 atom stereocenters. The number of ether oxygens (including phenoxy) is 2. The lowest BCUT2D eigenvalue weighted by Gasteiger charge is -2.13. The van der Waals surface area contributed by atoms with E-state index in [1.54, 1.807) is 30.3 Å². The SMILES string of the molecule is COc1cc(/C=C(\C#N)C(=O)NC(C)C)ccc1OC(=O)c1ccccc1CCc1ccccc1. The van der Waals surface area contributed by atoms with Crippen LogP contribution in [-0.4, -0.2) is 25.0 Å². The Balaban J connectivity index is 1.78. The number of amides is 1. The zero-order valence-electron chi connectivity index (χ0n) is 20.1. The van der Waals surface area contributed by atoms with Crippen LogP contribution in [0.1, 0.15) is 40.9 Å². The maximum atomic E-state index is 13.0. The summed E-state index contributed by atoms with van der Waals surface area (Å²) in [6.45, 7) is 3.64. The Kier molecular flexibility index (Phi) is 8.80. The van der Waals surface area contributed by atoms with Gasteiger partial charge in [-0.15, -0.1) is 0 Å². The fraction of sp³-hybridized carbons (Fsp3) is 0.207. The van der Waals surface area contributed by atoms with Crippen molar-refractivity contribution in [2.75, 3.05) is 7.11 Å². The molecule has 178 valence electrons. The van der Waals surface area contributed by atoms with Gasteiger partial charge in [0.25, 0.3) is 5.91 Å². The molecule has 0 saturated heterocycles. The zero-order valence-corrected chi connectivity index (χ0v) is 20.1. The molecule has 0 aliphatic rings. The molecule has 35 heavy (non-hydrogen) atoms. The third kappa shape index (κ3) is 7.05. The first kappa shape index (κ1) is 25.3. The third-order valence-electron chi connectivity index (χ3n) is 5.25. The highest BCUT2D eigenvalue weighted by atomic mass is 16.6. The van der Waals surface area contributed by atoms with Crippen molar-refractivity contribution in [3.8, 4) is 17.6 Å². The number of benzene rings is 3. The number of hydrogen-bond acceptors (Lipinski definition) is 5. The Bertz CT molecular complexity index is 1260. The lowest BCUT2D eigenvalue weighted by atomic mass is 10.00. The van der Waals surface area contributed by atoms with Gasteiger partial charge >= 0.3 is 5.97 Å². The summed E-state index contributed by atoms with van der Waals surface area (Å²) in [5, 5.41) is 12.1. The molecule has 0 aromatic heterocycles. The first-order chi connectivity index (χ1) is 16.9. The number of carbonyl (C=O) groups excluding carboxylic acids is 2. The molecular weight excluding hydrogens is 440 g/mol. The van der Waals surface area contributed by atoms with E-state index in [-0.39, 0.29) is 17.4 Å². The number of hydrogen-bond donors (Lipinski definition) is 1. The van der Waals surface area contributed by atoms with Crippen molar-refractivity contribution in [1.82, 2.24) is 5.32 Å². The molecule has 0 heterocycles. The van der Waals surface area contributed by atoms with Gasteiger partial charge in [0.15, 0.2) is 11.5 Å². The Hall–Kier alpha value is -4.37. The standard InChI is InChI=1S/C29H28N2O4/c1-20(2)31-28(32)24(19-30)17-22-14-16-26(27(18-22)34-3)35-29(33)25-12-8-7-11-23(25)15-13-21-9-5-4-6-10-21/h4-12,14,16-18,20H,13,15H2,1-3H3,(H,31,32)/b24-17+. The molecule has 0 aliphatic heterocycles. The lowest BCUT2D eigenvalue weighted by Crippen LogP contribution is -2.30. The maximum absolute atomic E-state index is 13.0. The van der Waals surface area contributed by atoms with E-state index in [4.69, 9.17) is 9.47 Å². The molecule has 0 fully saturated rings. The summed E-state index contributed by atoms with van der Waals surface area (Å²) >= 11 is 0. The monoisotopic (exact) mass is 468 g/mol. The Morgan fingerprint density at radius 2 is 1.69 bits per heavy atom. The number of methoxy groups -OCH3 is 1. The second-order valence-electron chi connectivity index (χ2n) is 8.24.